The van der Waals surface area contributed by atoms with Crippen molar-refractivity contribution in [1.29, 1.82) is 0 Å². The fraction of sp³-hybridized carbons (Fsp3) is 0.412. The number of rotatable bonds is 9. The van der Waals surface area contributed by atoms with Crippen LogP contribution in [-0.4, -0.2) is 31.3 Å². The second kappa shape index (κ2) is 8.77. The summed E-state index contributed by atoms with van der Waals surface area (Å²) in [6.07, 6.45) is 3.14. The molecule has 1 heterocycles. The average Bonchev–Trinajstić information content (AvgIpc) is 3.09. The van der Waals surface area contributed by atoms with E-state index >= 15 is 0 Å². The van der Waals surface area contributed by atoms with Crippen molar-refractivity contribution in [2.45, 2.75) is 38.4 Å². The molecule has 0 saturated heterocycles. The number of sulfonamides is 1. The van der Waals surface area contributed by atoms with E-state index in [0.29, 0.717) is 37.3 Å². The molecular weight excluding hydrogens is 342 g/mol. The number of hydrogen-bond donors (Lipinski definition) is 2. The fourth-order valence-corrected chi connectivity index (χ4v) is 2.86. The molecule has 8 heteroatoms. The predicted octanol–water partition coefficient (Wildman–Crippen LogP) is 2.78. The lowest BCUT2D eigenvalue weighted by Gasteiger charge is -2.09. The minimum atomic E-state index is -3.23. The van der Waals surface area contributed by atoms with Gasteiger partial charge in [-0.05, 0) is 51.0 Å². The molecule has 1 aromatic carbocycles. The van der Waals surface area contributed by atoms with E-state index in [1.165, 1.54) is 0 Å². The molecule has 0 aliphatic carbocycles. The third-order valence-electron chi connectivity index (χ3n) is 3.65. The smallest absolute Gasteiger partial charge is 0.224 e. The van der Waals surface area contributed by atoms with Gasteiger partial charge in [0.05, 0.1) is 11.4 Å². The molecule has 0 unspecified atom stereocenters. The minimum absolute atomic E-state index is 0.0980. The third kappa shape index (κ3) is 5.99. The molecule has 0 fully saturated rings. The molecule has 25 heavy (non-hydrogen) atoms. The predicted molar refractivity (Wildman–Crippen MR) is 96.5 cm³/mol. The molecule has 0 radical (unpaired) electrons. The first-order valence-corrected chi connectivity index (χ1v) is 9.72. The number of carbonyl (C=O) groups is 1. The van der Waals surface area contributed by atoms with Gasteiger partial charge in [-0.15, -0.1) is 0 Å². The van der Waals surface area contributed by atoms with E-state index in [1.54, 1.807) is 38.2 Å². The van der Waals surface area contributed by atoms with Crippen LogP contribution in [-0.2, 0) is 14.8 Å². The number of benzene rings is 1. The van der Waals surface area contributed by atoms with Crippen molar-refractivity contribution >= 4 is 21.6 Å². The molecule has 0 aliphatic heterocycles. The Labute approximate surface area is 147 Å². The lowest BCUT2D eigenvalue weighted by molar-refractivity contribution is -0.116. The molecule has 1 aromatic heterocycles. The Balaban J connectivity index is 1.70. The van der Waals surface area contributed by atoms with E-state index in [2.05, 4.69) is 15.2 Å². The number of hydrogen-bond acceptors (Lipinski definition) is 5. The molecule has 2 aromatic rings. The normalized spacial score (nSPS) is 11.6. The Hall–Kier alpha value is -2.19. The summed E-state index contributed by atoms with van der Waals surface area (Å²) in [5.41, 5.74) is 1.58. The highest BCUT2D eigenvalue weighted by Crippen LogP contribution is 2.20. The summed E-state index contributed by atoms with van der Waals surface area (Å²) in [5, 5.41) is 6.02. The van der Waals surface area contributed by atoms with Crippen LogP contribution in [0.5, 0.6) is 0 Å². The summed E-state index contributed by atoms with van der Waals surface area (Å²) in [6, 6.07) is 9.05. The van der Waals surface area contributed by atoms with Gasteiger partial charge in [0, 0.05) is 30.3 Å². The summed E-state index contributed by atoms with van der Waals surface area (Å²) in [7, 11) is -3.23. The van der Waals surface area contributed by atoms with E-state index in [1.807, 2.05) is 12.1 Å². The topological polar surface area (TPSA) is 101 Å². The molecule has 0 aliphatic rings. The van der Waals surface area contributed by atoms with Gasteiger partial charge in [0.2, 0.25) is 15.9 Å². The number of aromatic nitrogens is 1. The standard InChI is InChI=1S/C17H23N3O4S/c1-13(2)25(22,23)19-11-4-3-5-17(21)20-15-8-6-14(7-9-15)16-10-12-18-24-16/h6-10,12-13,19H,3-5,11H2,1-2H3,(H,20,21). The SMILES string of the molecule is CC(C)S(=O)(=O)NCCCCC(=O)Nc1ccc(-c2ccno2)cc1. The van der Waals surface area contributed by atoms with Crippen molar-refractivity contribution in [1.82, 2.24) is 9.88 Å². The highest BCUT2D eigenvalue weighted by atomic mass is 32.2. The Morgan fingerprint density at radius 3 is 2.48 bits per heavy atom. The van der Waals surface area contributed by atoms with Crippen LogP contribution in [0.15, 0.2) is 41.1 Å². The van der Waals surface area contributed by atoms with Crippen LogP contribution in [0.1, 0.15) is 33.1 Å². The number of anilines is 1. The Morgan fingerprint density at radius 1 is 1.16 bits per heavy atom. The van der Waals surface area contributed by atoms with Gasteiger partial charge < -0.3 is 9.84 Å². The molecule has 7 nitrogen and oxygen atoms in total. The molecule has 0 atom stereocenters. The van der Waals surface area contributed by atoms with Crippen LogP contribution >= 0.6 is 0 Å². The first-order chi connectivity index (χ1) is 11.9. The van der Waals surface area contributed by atoms with Crippen LogP contribution in [0.4, 0.5) is 5.69 Å². The van der Waals surface area contributed by atoms with Gasteiger partial charge in [-0.3, -0.25) is 4.79 Å². The highest BCUT2D eigenvalue weighted by molar-refractivity contribution is 7.90. The van der Waals surface area contributed by atoms with Crippen molar-refractivity contribution in [3.05, 3.63) is 36.5 Å². The van der Waals surface area contributed by atoms with Crippen LogP contribution in [0.3, 0.4) is 0 Å². The van der Waals surface area contributed by atoms with E-state index in [0.717, 1.165) is 5.56 Å². The van der Waals surface area contributed by atoms with Gasteiger partial charge in [-0.1, -0.05) is 5.16 Å². The van der Waals surface area contributed by atoms with E-state index < -0.39 is 15.3 Å². The second-order valence-electron chi connectivity index (χ2n) is 5.95. The quantitative estimate of drug-likeness (QED) is 0.665. The maximum atomic E-state index is 11.9. The number of carbonyl (C=O) groups excluding carboxylic acids is 1. The van der Waals surface area contributed by atoms with Gasteiger partial charge in [0.25, 0.3) is 0 Å². The maximum absolute atomic E-state index is 11.9. The molecule has 136 valence electrons. The van der Waals surface area contributed by atoms with E-state index in [4.69, 9.17) is 4.52 Å². The van der Waals surface area contributed by atoms with Gasteiger partial charge in [0.15, 0.2) is 5.76 Å². The summed E-state index contributed by atoms with van der Waals surface area (Å²) in [4.78, 5) is 11.9. The Morgan fingerprint density at radius 2 is 1.88 bits per heavy atom. The van der Waals surface area contributed by atoms with Crippen molar-refractivity contribution in [3.8, 4) is 11.3 Å². The first kappa shape index (κ1) is 19.1. The molecule has 2 rings (SSSR count). The highest BCUT2D eigenvalue weighted by Gasteiger charge is 2.14. The number of amides is 1. The zero-order chi connectivity index (χ0) is 18.3. The number of nitrogens with zero attached hydrogens (tertiary/aromatic N) is 1. The largest absolute Gasteiger partial charge is 0.356 e. The van der Waals surface area contributed by atoms with E-state index in [-0.39, 0.29) is 5.91 Å². The summed E-state index contributed by atoms with van der Waals surface area (Å²) >= 11 is 0. The monoisotopic (exact) mass is 365 g/mol. The van der Waals surface area contributed by atoms with Crippen LogP contribution in [0.2, 0.25) is 0 Å². The lowest BCUT2D eigenvalue weighted by Crippen LogP contribution is -2.31. The Bertz CT molecular complexity index is 769. The van der Waals surface area contributed by atoms with Crippen molar-refractivity contribution < 1.29 is 17.7 Å². The summed E-state index contributed by atoms with van der Waals surface area (Å²) in [5.74, 6) is 0.570. The molecule has 0 bridgehead atoms. The molecule has 0 spiro atoms. The van der Waals surface area contributed by atoms with Gasteiger partial charge >= 0.3 is 0 Å². The summed E-state index contributed by atoms with van der Waals surface area (Å²) < 4.78 is 30.8. The van der Waals surface area contributed by atoms with Gasteiger partial charge in [-0.2, -0.15) is 0 Å². The van der Waals surface area contributed by atoms with Crippen LogP contribution in [0, 0.1) is 0 Å². The zero-order valence-corrected chi connectivity index (χ0v) is 15.2. The average molecular weight is 365 g/mol. The van der Waals surface area contributed by atoms with Crippen molar-refractivity contribution in [2.75, 3.05) is 11.9 Å². The molecule has 1 amide bonds. The van der Waals surface area contributed by atoms with Crippen LogP contribution < -0.4 is 10.0 Å². The summed E-state index contributed by atoms with van der Waals surface area (Å²) in [6.45, 7) is 3.60. The molecule has 2 N–H and O–H groups in total. The third-order valence-corrected chi connectivity index (χ3v) is 5.49. The molecular formula is C17H23N3O4S. The number of nitrogens with one attached hydrogen (secondary N) is 2. The fourth-order valence-electron chi connectivity index (χ4n) is 2.10. The minimum Gasteiger partial charge on any atom is -0.356 e. The zero-order valence-electron chi connectivity index (χ0n) is 14.4. The van der Waals surface area contributed by atoms with Gasteiger partial charge in [-0.25, -0.2) is 13.1 Å². The van der Waals surface area contributed by atoms with Crippen LogP contribution in [0.25, 0.3) is 11.3 Å². The Kier molecular flexibility index (Phi) is 6.72. The molecule has 0 saturated carbocycles. The van der Waals surface area contributed by atoms with E-state index in [9.17, 15) is 13.2 Å². The lowest BCUT2D eigenvalue weighted by atomic mass is 10.1. The maximum Gasteiger partial charge on any atom is 0.224 e. The van der Waals surface area contributed by atoms with Gasteiger partial charge in [0.1, 0.15) is 0 Å². The van der Waals surface area contributed by atoms with Crippen molar-refractivity contribution in [3.63, 3.8) is 0 Å². The van der Waals surface area contributed by atoms with Crippen molar-refractivity contribution in [2.24, 2.45) is 0 Å². The first-order valence-electron chi connectivity index (χ1n) is 8.18. The number of unbranched alkanes of at least 4 members (excludes halogenated alkanes) is 1. The second-order valence-corrected chi connectivity index (χ2v) is 8.27.